The zero-order valence-corrected chi connectivity index (χ0v) is 12.4. The van der Waals surface area contributed by atoms with Crippen LogP contribution in [0.4, 0.5) is 22.7 Å². The van der Waals surface area contributed by atoms with E-state index in [0.717, 1.165) is 11.4 Å². The van der Waals surface area contributed by atoms with Crippen molar-refractivity contribution in [3.8, 4) is 0 Å². The number of nitrogen functional groups attached to an aromatic ring is 1. The zero-order valence-electron chi connectivity index (χ0n) is 12.4. The van der Waals surface area contributed by atoms with Crippen LogP contribution in [0.2, 0.25) is 0 Å². The summed E-state index contributed by atoms with van der Waals surface area (Å²) in [6.45, 7) is 6.41. The first-order valence-corrected chi connectivity index (χ1v) is 6.69. The van der Waals surface area contributed by atoms with Crippen molar-refractivity contribution < 1.29 is 4.92 Å². The predicted octanol–water partition coefficient (Wildman–Crippen LogP) is 4.22. The molecular formula is C16H19N3O2. The van der Waals surface area contributed by atoms with Gasteiger partial charge in [0, 0.05) is 17.4 Å². The molecule has 2 aromatic rings. The van der Waals surface area contributed by atoms with E-state index in [1.54, 1.807) is 12.1 Å². The molecule has 0 saturated carbocycles. The molecule has 0 amide bonds. The van der Waals surface area contributed by atoms with Gasteiger partial charge in [0.15, 0.2) is 0 Å². The van der Waals surface area contributed by atoms with Crippen LogP contribution in [0.1, 0.15) is 26.3 Å². The first-order valence-electron chi connectivity index (χ1n) is 6.69. The van der Waals surface area contributed by atoms with Gasteiger partial charge in [-0.3, -0.25) is 10.1 Å². The molecule has 5 nitrogen and oxygen atoms in total. The van der Waals surface area contributed by atoms with E-state index in [2.05, 4.69) is 32.2 Å². The number of benzene rings is 2. The van der Waals surface area contributed by atoms with Gasteiger partial charge in [-0.2, -0.15) is 0 Å². The Morgan fingerprint density at radius 1 is 1.14 bits per heavy atom. The van der Waals surface area contributed by atoms with E-state index in [9.17, 15) is 10.1 Å². The number of anilines is 3. The summed E-state index contributed by atoms with van der Waals surface area (Å²) in [6, 6.07) is 12.7. The molecule has 110 valence electrons. The lowest BCUT2D eigenvalue weighted by atomic mass is 9.86. The third-order valence-electron chi connectivity index (χ3n) is 3.24. The Hall–Kier alpha value is -2.56. The second kappa shape index (κ2) is 5.44. The van der Waals surface area contributed by atoms with Crippen molar-refractivity contribution in [1.29, 1.82) is 0 Å². The standard InChI is InChI=1S/C16H19N3O2/c1-16(2,3)12-6-4-5-7-14(12)18-11-8-9-15(19(20)21)13(17)10-11/h4-10,18H,17H2,1-3H3. The summed E-state index contributed by atoms with van der Waals surface area (Å²) >= 11 is 0. The smallest absolute Gasteiger partial charge is 0.292 e. The van der Waals surface area contributed by atoms with E-state index in [0.29, 0.717) is 0 Å². The Morgan fingerprint density at radius 3 is 2.38 bits per heavy atom. The topological polar surface area (TPSA) is 81.2 Å². The van der Waals surface area contributed by atoms with Gasteiger partial charge in [-0.15, -0.1) is 0 Å². The molecule has 0 heterocycles. The monoisotopic (exact) mass is 285 g/mol. The van der Waals surface area contributed by atoms with Gasteiger partial charge in [0.2, 0.25) is 0 Å². The van der Waals surface area contributed by atoms with Crippen molar-refractivity contribution in [2.24, 2.45) is 0 Å². The molecule has 0 aromatic heterocycles. The molecule has 0 fully saturated rings. The molecule has 21 heavy (non-hydrogen) atoms. The maximum absolute atomic E-state index is 10.8. The molecule has 0 saturated heterocycles. The second-order valence-corrected chi connectivity index (χ2v) is 5.95. The number of nitrogens with one attached hydrogen (secondary N) is 1. The Morgan fingerprint density at radius 2 is 1.81 bits per heavy atom. The molecule has 0 spiro atoms. The molecule has 3 N–H and O–H groups in total. The van der Waals surface area contributed by atoms with Crippen LogP contribution in [0.5, 0.6) is 0 Å². The van der Waals surface area contributed by atoms with Crippen LogP contribution < -0.4 is 11.1 Å². The van der Waals surface area contributed by atoms with Crippen molar-refractivity contribution in [1.82, 2.24) is 0 Å². The lowest BCUT2D eigenvalue weighted by Crippen LogP contribution is -2.13. The number of nitro groups is 1. The maximum atomic E-state index is 10.8. The van der Waals surface area contributed by atoms with Crippen LogP contribution in [0.3, 0.4) is 0 Å². The van der Waals surface area contributed by atoms with Gasteiger partial charge >= 0.3 is 0 Å². The molecule has 0 bridgehead atoms. The number of nitro benzene ring substituents is 1. The highest BCUT2D eigenvalue weighted by Crippen LogP contribution is 2.32. The minimum absolute atomic E-state index is 0.00405. The van der Waals surface area contributed by atoms with E-state index in [4.69, 9.17) is 5.73 Å². The average Bonchev–Trinajstić information content (AvgIpc) is 2.37. The molecule has 0 aliphatic carbocycles. The molecule has 0 radical (unpaired) electrons. The van der Waals surface area contributed by atoms with Crippen LogP contribution in [0.15, 0.2) is 42.5 Å². The van der Waals surface area contributed by atoms with E-state index in [-0.39, 0.29) is 16.8 Å². The maximum Gasteiger partial charge on any atom is 0.292 e. The zero-order chi connectivity index (χ0) is 15.6. The number of hydrogen-bond acceptors (Lipinski definition) is 4. The third kappa shape index (κ3) is 3.31. The van der Waals surface area contributed by atoms with Crippen LogP contribution in [0, 0.1) is 10.1 Å². The van der Waals surface area contributed by atoms with Crippen LogP contribution in [-0.2, 0) is 5.41 Å². The Bertz CT molecular complexity index is 675. The second-order valence-electron chi connectivity index (χ2n) is 5.95. The van der Waals surface area contributed by atoms with Crippen molar-refractivity contribution in [2.75, 3.05) is 11.1 Å². The van der Waals surface area contributed by atoms with Crippen LogP contribution in [0.25, 0.3) is 0 Å². The van der Waals surface area contributed by atoms with Crippen LogP contribution >= 0.6 is 0 Å². The van der Waals surface area contributed by atoms with Crippen molar-refractivity contribution in [3.05, 3.63) is 58.1 Å². The lowest BCUT2D eigenvalue weighted by molar-refractivity contribution is -0.383. The summed E-state index contributed by atoms with van der Waals surface area (Å²) in [5.74, 6) is 0. The first-order chi connectivity index (χ1) is 9.79. The molecule has 2 aromatic carbocycles. The van der Waals surface area contributed by atoms with Gasteiger partial charge < -0.3 is 11.1 Å². The molecule has 5 heteroatoms. The van der Waals surface area contributed by atoms with Gasteiger partial charge in [-0.1, -0.05) is 39.0 Å². The Balaban J connectivity index is 2.35. The van der Waals surface area contributed by atoms with Gasteiger partial charge in [-0.05, 0) is 29.2 Å². The van der Waals surface area contributed by atoms with E-state index in [1.807, 2.05) is 18.2 Å². The fourth-order valence-electron chi connectivity index (χ4n) is 2.20. The van der Waals surface area contributed by atoms with Crippen molar-refractivity contribution >= 4 is 22.7 Å². The van der Waals surface area contributed by atoms with Crippen LogP contribution in [-0.4, -0.2) is 4.92 Å². The molecule has 0 aliphatic heterocycles. The fourth-order valence-corrected chi connectivity index (χ4v) is 2.20. The Labute approximate surface area is 123 Å². The van der Waals surface area contributed by atoms with Gasteiger partial charge in [0.05, 0.1) is 4.92 Å². The van der Waals surface area contributed by atoms with E-state index < -0.39 is 4.92 Å². The quantitative estimate of drug-likeness (QED) is 0.502. The van der Waals surface area contributed by atoms with Crippen molar-refractivity contribution in [2.45, 2.75) is 26.2 Å². The lowest BCUT2D eigenvalue weighted by Gasteiger charge is -2.23. The SMILES string of the molecule is CC(C)(C)c1ccccc1Nc1ccc([N+](=O)[O-])c(N)c1. The first kappa shape index (κ1) is 14.8. The van der Waals surface area contributed by atoms with Gasteiger partial charge in [0.1, 0.15) is 5.69 Å². The molecule has 0 atom stereocenters. The predicted molar refractivity (Wildman–Crippen MR) is 85.9 cm³/mol. The number of hydrogen-bond donors (Lipinski definition) is 2. The van der Waals surface area contributed by atoms with Gasteiger partial charge in [-0.25, -0.2) is 0 Å². The minimum atomic E-state index is -0.484. The molecule has 0 aliphatic rings. The summed E-state index contributed by atoms with van der Waals surface area (Å²) in [6.07, 6.45) is 0. The molecular weight excluding hydrogens is 266 g/mol. The summed E-state index contributed by atoms with van der Waals surface area (Å²) in [4.78, 5) is 10.3. The average molecular weight is 285 g/mol. The normalized spacial score (nSPS) is 11.2. The van der Waals surface area contributed by atoms with Gasteiger partial charge in [0.25, 0.3) is 5.69 Å². The van der Waals surface area contributed by atoms with E-state index in [1.165, 1.54) is 11.6 Å². The number of para-hydroxylation sites is 1. The summed E-state index contributed by atoms with van der Waals surface area (Å²) < 4.78 is 0. The highest BCUT2D eigenvalue weighted by molar-refractivity contribution is 5.71. The number of rotatable bonds is 3. The Kier molecular flexibility index (Phi) is 3.84. The van der Waals surface area contributed by atoms with E-state index >= 15 is 0 Å². The summed E-state index contributed by atoms with van der Waals surface area (Å²) in [5.41, 5.74) is 8.66. The number of nitrogens with zero attached hydrogens (tertiary/aromatic N) is 1. The van der Waals surface area contributed by atoms with Crippen molar-refractivity contribution in [3.63, 3.8) is 0 Å². The fraction of sp³-hybridized carbons (Fsp3) is 0.250. The summed E-state index contributed by atoms with van der Waals surface area (Å²) in [5, 5.41) is 14.1. The largest absolute Gasteiger partial charge is 0.393 e. The molecule has 0 unspecified atom stereocenters. The summed E-state index contributed by atoms with van der Waals surface area (Å²) in [7, 11) is 0. The molecule has 2 rings (SSSR count). The minimum Gasteiger partial charge on any atom is -0.393 e. The highest BCUT2D eigenvalue weighted by atomic mass is 16.6. The number of nitrogens with two attached hydrogens (primary N) is 1. The highest BCUT2D eigenvalue weighted by Gasteiger charge is 2.18. The third-order valence-corrected chi connectivity index (χ3v) is 3.24.